The molecule has 140 valence electrons. The van der Waals surface area contributed by atoms with Crippen molar-refractivity contribution >= 4 is 5.91 Å². The minimum atomic E-state index is -0.554. The lowest BCUT2D eigenvalue weighted by Gasteiger charge is -2.22. The molecule has 3 heteroatoms. The number of hydrogen-bond donors (Lipinski definition) is 1. The van der Waals surface area contributed by atoms with Gasteiger partial charge in [-0.15, -0.1) is 0 Å². The summed E-state index contributed by atoms with van der Waals surface area (Å²) in [5.41, 5.74) is 5.76. The molecule has 1 N–H and O–H groups in total. The van der Waals surface area contributed by atoms with Gasteiger partial charge in [0.2, 0.25) is 0 Å². The number of benzene rings is 2. The maximum Gasteiger partial charge on any atom is 0.261 e. The number of ether oxygens (including phenoxy) is 1. The summed E-state index contributed by atoms with van der Waals surface area (Å²) in [6.07, 6.45) is -0.554. The molecule has 0 aliphatic rings. The SMILES string of the molecule is Cc1ccc(C(C)C)c(O[C@@H](C)C(=O)N[C@@H](C)c2cc(C)ccc2C)c1. The smallest absolute Gasteiger partial charge is 0.261 e. The Balaban J connectivity index is 2.11. The summed E-state index contributed by atoms with van der Waals surface area (Å²) in [4.78, 5) is 12.7. The van der Waals surface area contributed by atoms with Crippen LogP contribution in [0.1, 0.15) is 67.5 Å². The molecule has 0 aliphatic carbocycles. The Morgan fingerprint density at radius 2 is 1.50 bits per heavy atom. The van der Waals surface area contributed by atoms with Crippen molar-refractivity contribution in [2.75, 3.05) is 0 Å². The van der Waals surface area contributed by atoms with Crippen LogP contribution in [0.4, 0.5) is 0 Å². The van der Waals surface area contributed by atoms with E-state index >= 15 is 0 Å². The molecule has 1 amide bonds. The van der Waals surface area contributed by atoms with Crippen LogP contribution in [0.5, 0.6) is 5.75 Å². The van der Waals surface area contributed by atoms with Gasteiger partial charge in [0.1, 0.15) is 5.75 Å². The fraction of sp³-hybridized carbons (Fsp3) is 0.435. The van der Waals surface area contributed by atoms with Crippen molar-refractivity contribution < 1.29 is 9.53 Å². The van der Waals surface area contributed by atoms with Crippen LogP contribution >= 0.6 is 0 Å². The predicted octanol–water partition coefficient (Wildman–Crippen LogP) is 5.38. The van der Waals surface area contributed by atoms with Crippen molar-refractivity contribution in [3.63, 3.8) is 0 Å². The first-order chi connectivity index (χ1) is 12.2. The third-order valence-corrected chi connectivity index (χ3v) is 4.72. The van der Waals surface area contributed by atoms with Crippen LogP contribution in [0.3, 0.4) is 0 Å². The van der Waals surface area contributed by atoms with Gasteiger partial charge in [0.05, 0.1) is 6.04 Å². The first kappa shape index (κ1) is 20.0. The van der Waals surface area contributed by atoms with Crippen molar-refractivity contribution in [3.8, 4) is 5.75 Å². The Bertz CT molecular complexity index is 780. The van der Waals surface area contributed by atoms with Crippen LogP contribution in [0.15, 0.2) is 36.4 Å². The third kappa shape index (κ3) is 4.87. The zero-order valence-electron chi connectivity index (χ0n) is 17.0. The van der Waals surface area contributed by atoms with Gasteiger partial charge in [-0.05, 0) is 68.9 Å². The number of rotatable bonds is 6. The normalized spacial score (nSPS) is 13.4. The van der Waals surface area contributed by atoms with E-state index in [0.29, 0.717) is 5.92 Å². The van der Waals surface area contributed by atoms with E-state index < -0.39 is 6.10 Å². The lowest BCUT2D eigenvalue weighted by atomic mass is 9.99. The average molecular weight is 354 g/mol. The molecule has 0 bridgehead atoms. The Morgan fingerprint density at radius 1 is 0.885 bits per heavy atom. The zero-order valence-corrected chi connectivity index (χ0v) is 17.0. The molecule has 0 fully saturated rings. The first-order valence-corrected chi connectivity index (χ1v) is 9.33. The highest BCUT2D eigenvalue weighted by molar-refractivity contribution is 5.81. The van der Waals surface area contributed by atoms with E-state index in [9.17, 15) is 4.79 Å². The summed E-state index contributed by atoms with van der Waals surface area (Å²) in [7, 11) is 0. The predicted molar refractivity (Wildman–Crippen MR) is 108 cm³/mol. The van der Waals surface area contributed by atoms with Gasteiger partial charge < -0.3 is 10.1 Å². The minimum Gasteiger partial charge on any atom is -0.481 e. The molecule has 0 radical (unpaired) electrons. The fourth-order valence-electron chi connectivity index (χ4n) is 3.10. The topological polar surface area (TPSA) is 38.3 Å². The lowest BCUT2D eigenvalue weighted by molar-refractivity contribution is -0.127. The standard InChI is InChI=1S/C23H31NO2/c1-14(2)20-11-9-16(4)13-22(20)26-19(7)23(25)24-18(6)21-12-15(3)8-10-17(21)5/h8-14,18-19H,1-7H3,(H,24,25)/t18-,19-/m0/s1. The molecule has 0 unspecified atom stereocenters. The lowest BCUT2D eigenvalue weighted by Crippen LogP contribution is -2.38. The molecule has 0 heterocycles. The van der Waals surface area contributed by atoms with Crippen molar-refractivity contribution in [2.24, 2.45) is 0 Å². The van der Waals surface area contributed by atoms with Gasteiger partial charge in [0.25, 0.3) is 5.91 Å². The molecule has 3 nitrogen and oxygen atoms in total. The Labute approximate surface area is 157 Å². The molecule has 2 atom stereocenters. The van der Waals surface area contributed by atoms with Gasteiger partial charge in [-0.3, -0.25) is 4.79 Å². The van der Waals surface area contributed by atoms with Gasteiger partial charge in [-0.2, -0.15) is 0 Å². The Kier molecular flexibility index (Phi) is 6.47. The number of aryl methyl sites for hydroxylation is 3. The molecule has 0 spiro atoms. The quantitative estimate of drug-likeness (QED) is 0.757. The number of hydrogen-bond acceptors (Lipinski definition) is 2. The zero-order chi connectivity index (χ0) is 19.4. The van der Waals surface area contributed by atoms with E-state index in [0.717, 1.165) is 22.4 Å². The van der Waals surface area contributed by atoms with Crippen molar-refractivity contribution in [2.45, 2.75) is 66.5 Å². The van der Waals surface area contributed by atoms with Gasteiger partial charge >= 0.3 is 0 Å². The van der Waals surface area contributed by atoms with Crippen molar-refractivity contribution in [1.29, 1.82) is 0 Å². The van der Waals surface area contributed by atoms with Crippen LogP contribution in [-0.4, -0.2) is 12.0 Å². The van der Waals surface area contributed by atoms with E-state index in [1.165, 1.54) is 11.1 Å². The molecule has 0 saturated carbocycles. The first-order valence-electron chi connectivity index (χ1n) is 9.33. The summed E-state index contributed by atoms with van der Waals surface area (Å²) in [5.74, 6) is 1.03. The molecule has 2 rings (SSSR count). The summed E-state index contributed by atoms with van der Waals surface area (Å²) in [6.45, 7) is 14.2. The number of amides is 1. The molecular weight excluding hydrogens is 322 g/mol. The van der Waals surface area contributed by atoms with Crippen molar-refractivity contribution in [1.82, 2.24) is 5.32 Å². The minimum absolute atomic E-state index is 0.0597. The van der Waals surface area contributed by atoms with Crippen molar-refractivity contribution in [3.05, 3.63) is 64.2 Å². The van der Waals surface area contributed by atoms with Gasteiger partial charge in [0.15, 0.2) is 6.10 Å². The van der Waals surface area contributed by atoms with E-state index in [1.54, 1.807) is 6.92 Å². The van der Waals surface area contributed by atoms with Crippen LogP contribution in [0.25, 0.3) is 0 Å². The largest absolute Gasteiger partial charge is 0.481 e. The van der Waals surface area contributed by atoms with Crippen LogP contribution in [0, 0.1) is 20.8 Å². The van der Waals surface area contributed by atoms with E-state index in [1.807, 2.05) is 19.9 Å². The molecule has 0 aromatic heterocycles. The monoisotopic (exact) mass is 353 g/mol. The van der Waals surface area contributed by atoms with Gasteiger partial charge in [0, 0.05) is 0 Å². The molecule has 26 heavy (non-hydrogen) atoms. The van der Waals surface area contributed by atoms with E-state index in [-0.39, 0.29) is 11.9 Å². The van der Waals surface area contributed by atoms with E-state index in [2.05, 4.69) is 63.3 Å². The molecule has 2 aromatic carbocycles. The summed E-state index contributed by atoms with van der Waals surface area (Å²) >= 11 is 0. The summed E-state index contributed by atoms with van der Waals surface area (Å²) in [6, 6.07) is 12.4. The highest BCUT2D eigenvalue weighted by Gasteiger charge is 2.20. The van der Waals surface area contributed by atoms with E-state index in [4.69, 9.17) is 4.74 Å². The second-order valence-electron chi connectivity index (χ2n) is 7.55. The highest BCUT2D eigenvalue weighted by Crippen LogP contribution is 2.28. The number of nitrogens with one attached hydrogen (secondary N) is 1. The molecule has 2 aromatic rings. The van der Waals surface area contributed by atoms with Crippen LogP contribution in [-0.2, 0) is 4.79 Å². The maximum atomic E-state index is 12.7. The van der Waals surface area contributed by atoms with Crippen LogP contribution < -0.4 is 10.1 Å². The molecular formula is C23H31NO2. The van der Waals surface area contributed by atoms with Crippen LogP contribution in [0.2, 0.25) is 0 Å². The number of carbonyl (C=O) groups is 1. The second-order valence-corrected chi connectivity index (χ2v) is 7.55. The average Bonchev–Trinajstić information content (AvgIpc) is 2.56. The Hall–Kier alpha value is -2.29. The second kappa shape index (κ2) is 8.39. The maximum absolute atomic E-state index is 12.7. The molecule has 0 saturated heterocycles. The van der Waals surface area contributed by atoms with Gasteiger partial charge in [-0.1, -0.05) is 49.7 Å². The Morgan fingerprint density at radius 3 is 2.15 bits per heavy atom. The molecule has 0 aliphatic heterocycles. The summed E-state index contributed by atoms with van der Waals surface area (Å²) < 4.78 is 6.03. The fourth-order valence-corrected chi connectivity index (χ4v) is 3.10. The highest BCUT2D eigenvalue weighted by atomic mass is 16.5. The third-order valence-electron chi connectivity index (χ3n) is 4.72. The summed E-state index contributed by atoms with van der Waals surface area (Å²) in [5, 5.41) is 3.08. The number of carbonyl (C=O) groups excluding carboxylic acids is 1. The van der Waals surface area contributed by atoms with Gasteiger partial charge in [-0.25, -0.2) is 0 Å².